The molecular weight excluding hydrogens is 299 g/mol. The Labute approximate surface area is 136 Å². The molecule has 3 unspecified atom stereocenters. The summed E-state index contributed by atoms with van der Waals surface area (Å²) in [6, 6.07) is 3.12. The first-order chi connectivity index (χ1) is 11.0. The second-order valence-electron chi connectivity index (χ2n) is 5.95. The molecule has 2 rings (SSSR count). The van der Waals surface area contributed by atoms with Crippen molar-refractivity contribution in [3.8, 4) is 11.5 Å². The highest BCUT2D eigenvalue weighted by Crippen LogP contribution is 2.46. The van der Waals surface area contributed by atoms with E-state index in [1.165, 1.54) is 13.2 Å². The number of carbonyl (C=O) groups excluding carboxylic acids is 1. The van der Waals surface area contributed by atoms with Crippen LogP contribution in [0.4, 0.5) is 4.39 Å². The van der Waals surface area contributed by atoms with Crippen molar-refractivity contribution in [2.75, 3.05) is 20.3 Å². The number of hydrogen-bond donors (Lipinski definition) is 0. The van der Waals surface area contributed by atoms with E-state index < -0.39 is 0 Å². The number of benzene rings is 1. The minimum Gasteiger partial charge on any atom is -0.490 e. The highest BCUT2D eigenvalue weighted by atomic mass is 19.1. The van der Waals surface area contributed by atoms with Crippen LogP contribution >= 0.6 is 0 Å². The van der Waals surface area contributed by atoms with Crippen molar-refractivity contribution < 1.29 is 23.4 Å². The van der Waals surface area contributed by atoms with Gasteiger partial charge in [-0.25, -0.2) is 4.39 Å². The highest BCUT2D eigenvalue weighted by molar-refractivity contribution is 5.75. The van der Waals surface area contributed by atoms with E-state index in [1.807, 2.05) is 20.8 Å². The minimum absolute atomic E-state index is 0.00420. The minimum atomic E-state index is -0.292. The van der Waals surface area contributed by atoms with Gasteiger partial charge in [-0.3, -0.25) is 4.79 Å². The van der Waals surface area contributed by atoms with Crippen molar-refractivity contribution in [2.24, 2.45) is 11.8 Å². The molecule has 1 saturated carbocycles. The normalized spacial score (nSPS) is 20.7. The Morgan fingerprint density at radius 1 is 1.26 bits per heavy atom. The zero-order valence-electron chi connectivity index (χ0n) is 14.2. The van der Waals surface area contributed by atoms with E-state index in [4.69, 9.17) is 14.2 Å². The van der Waals surface area contributed by atoms with Crippen LogP contribution in [0.5, 0.6) is 11.5 Å². The van der Waals surface area contributed by atoms with Gasteiger partial charge in [-0.2, -0.15) is 0 Å². The summed E-state index contributed by atoms with van der Waals surface area (Å²) in [4.78, 5) is 11.5. The standard InChI is InChI=1S/C18H25FO4/c1-5-22-16-9-13(15(19)10-17(16)23-6-2)11(3)7-12-8-14(12)18(20)21-4/h9-12,14H,5-8H2,1-4H3. The molecule has 0 aliphatic heterocycles. The van der Waals surface area contributed by atoms with Crippen LogP contribution in [-0.2, 0) is 9.53 Å². The first-order valence-electron chi connectivity index (χ1n) is 8.18. The predicted molar refractivity (Wildman–Crippen MR) is 85.4 cm³/mol. The van der Waals surface area contributed by atoms with Gasteiger partial charge in [0.2, 0.25) is 0 Å². The predicted octanol–water partition coefficient (Wildman–Crippen LogP) is 3.93. The van der Waals surface area contributed by atoms with Crippen LogP contribution in [0.15, 0.2) is 12.1 Å². The van der Waals surface area contributed by atoms with Crippen LogP contribution in [-0.4, -0.2) is 26.3 Å². The van der Waals surface area contributed by atoms with E-state index >= 15 is 0 Å². The molecule has 1 aliphatic rings. The van der Waals surface area contributed by atoms with Gasteiger partial charge in [-0.15, -0.1) is 0 Å². The van der Waals surface area contributed by atoms with Crippen molar-refractivity contribution in [3.63, 3.8) is 0 Å². The summed E-state index contributed by atoms with van der Waals surface area (Å²) in [5, 5.41) is 0. The van der Waals surface area contributed by atoms with Gasteiger partial charge in [-0.1, -0.05) is 6.92 Å². The Morgan fingerprint density at radius 2 is 1.87 bits per heavy atom. The van der Waals surface area contributed by atoms with Crippen molar-refractivity contribution in [3.05, 3.63) is 23.5 Å². The second-order valence-corrected chi connectivity index (χ2v) is 5.95. The number of halogens is 1. The van der Waals surface area contributed by atoms with Crippen LogP contribution in [0.2, 0.25) is 0 Å². The lowest BCUT2D eigenvalue weighted by Crippen LogP contribution is -2.07. The van der Waals surface area contributed by atoms with Crippen molar-refractivity contribution in [2.45, 2.75) is 39.5 Å². The topological polar surface area (TPSA) is 44.8 Å². The molecule has 1 aliphatic carbocycles. The van der Waals surface area contributed by atoms with Crippen LogP contribution < -0.4 is 9.47 Å². The van der Waals surface area contributed by atoms with E-state index in [-0.39, 0.29) is 29.5 Å². The maximum atomic E-state index is 14.4. The molecule has 0 aromatic heterocycles. The van der Waals surface area contributed by atoms with Crippen molar-refractivity contribution in [1.29, 1.82) is 0 Å². The fraction of sp³-hybridized carbons (Fsp3) is 0.611. The Bertz CT molecular complexity index is 558. The SMILES string of the molecule is CCOc1cc(F)c(C(C)CC2CC2C(=O)OC)cc1OCC. The molecule has 0 heterocycles. The molecule has 1 fully saturated rings. The first kappa shape index (κ1) is 17.6. The lowest BCUT2D eigenvalue weighted by Gasteiger charge is -2.17. The summed E-state index contributed by atoms with van der Waals surface area (Å²) in [7, 11) is 1.40. The van der Waals surface area contributed by atoms with Gasteiger partial charge in [-0.05, 0) is 50.2 Å². The van der Waals surface area contributed by atoms with E-state index in [1.54, 1.807) is 6.07 Å². The molecule has 0 radical (unpaired) electrons. The zero-order chi connectivity index (χ0) is 17.0. The molecule has 4 nitrogen and oxygen atoms in total. The zero-order valence-corrected chi connectivity index (χ0v) is 14.2. The van der Waals surface area contributed by atoms with E-state index in [9.17, 15) is 9.18 Å². The third-order valence-corrected chi connectivity index (χ3v) is 4.28. The molecule has 0 saturated heterocycles. The largest absolute Gasteiger partial charge is 0.490 e. The van der Waals surface area contributed by atoms with Crippen LogP contribution in [0, 0.1) is 17.7 Å². The molecule has 3 atom stereocenters. The lowest BCUT2D eigenvalue weighted by molar-refractivity contribution is -0.142. The summed E-state index contributed by atoms with van der Waals surface area (Å²) in [6.45, 7) is 6.66. The molecule has 0 N–H and O–H groups in total. The molecule has 0 spiro atoms. The van der Waals surface area contributed by atoms with Crippen LogP contribution in [0.25, 0.3) is 0 Å². The Hall–Kier alpha value is -1.78. The first-order valence-corrected chi connectivity index (χ1v) is 8.18. The van der Waals surface area contributed by atoms with Gasteiger partial charge in [0.05, 0.1) is 26.2 Å². The van der Waals surface area contributed by atoms with Crippen LogP contribution in [0.1, 0.15) is 45.1 Å². The number of hydrogen-bond acceptors (Lipinski definition) is 4. The van der Waals surface area contributed by atoms with Gasteiger partial charge in [0.15, 0.2) is 11.5 Å². The molecule has 0 amide bonds. The van der Waals surface area contributed by atoms with Crippen molar-refractivity contribution >= 4 is 5.97 Å². The summed E-state index contributed by atoms with van der Waals surface area (Å²) in [6.07, 6.45) is 1.59. The molecule has 5 heteroatoms. The van der Waals surface area contributed by atoms with Gasteiger partial charge in [0, 0.05) is 6.07 Å². The molecule has 1 aromatic rings. The van der Waals surface area contributed by atoms with E-state index in [2.05, 4.69) is 0 Å². The fourth-order valence-corrected chi connectivity index (χ4v) is 2.99. The van der Waals surface area contributed by atoms with Gasteiger partial charge < -0.3 is 14.2 Å². The maximum Gasteiger partial charge on any atom is 0.308 e. The highest BCUT2D eigenvalue weighted by Gasteiger charge is 2.44. The monoisotopic (exact) mass is 324 g/mol. The smallest absolute Gasteiger partial charge is 0.308 e. The number of methoxy groups -OCH3 is 1. The number of rotatable bonds is 8. The van der Waals surface area contributed by atoms with Crippen molar-refractivity contribution in [1.82, 2.24) is 0 Å². The third-order valence-electron chi connectivity index (χ3n) is 4.28. The summed E-state index contributed by atoms with van der Waals surface area (Å²) < 4.78 is 30.2. The van der Waals surface area contributed by atoms with E-state index in [0.29, 0.717) is 30.3 Å². The Balaban J connectivity index is 2.12. The molecule has 23 heavy (non-hydrogen) atoms. The third kappa shape index (κ3) is 4.15. The number of ether oxygens (including phenoxy) is 3. The maximum absolute atomic E-state index is 14.4. The average molecular weight is 324 g/mol. The number of carbonyl (C=O) groups is 1. The Morgan fingerprint density at radius 3 is 2.43 bits per heavy atom. The Kier molecular flexibility index (Phi) is 5.85. The fourth-order valence-electron chi connectivity index (χ4n) is 2.99. The lowest BCUT2D eigenvalue weighted by atomic mass is 9.94. The van der Waals surface area contributed by atoms with E-state index in [0.717, 1.165) is 12.8 Å². The molecular formula is C18H25FO4. The van der Waals surface area contributed by atoms with Crippen LogP contribution in [0.3, 0.4) is 0 Å². The molecule has 128 valence electrons. The summed E-state index contributed by atoms with van der Waals surface area (Å²) >= 11 is 0. The number of esters is 1. The second kappa shape index (κ2) is 7.66. The summed E-state index contributed by atoms with van der Waals surface area (Å²) in [5.74, 6) is 0.798. The van der Waals surface area contributed by atoms with Gasteiger partial charge in [0.25, 0.3) is 0 Å². The quantitative estimate of drug-likeness (QED) is 0.680. The van der Waals surface area contributed by atoms with Gasteiger partial charge >= 0.3 is 5.97 Å². The average Bonchev–Trinajstić information content (AvgIpc) is 3.28. The van der Waals surface area contributed by atoms with Gasteiger partial charge in [0.1, 0.15) is 5.82 Å². The molecule has 0 bridgehead atoms. The summed E-state index contributed by atoms with van der Waals surface area (Å²) in [5.41, 5.74) is 0.604. The molecule has 1 aromatic carbocycles.